The first kappa shape index (κ1) is 23.2. The largest absolute Gasteiger partial charge is 0.425 e. The second-order valence-corrected chi connectivity index (χ2v) is 5.93. The number of ether oxygens (including phenoxy) is 2. The predicted octanol–water partition coefficient (Wildman–Crippen LogP) is 3.49. The van der Waals surface area contributed by atoms with E-state index < -0.39 is 55.5 Å². The second kappa shape index (κ2) is 8.05. The molecule has 156 valence electrons. The van der Waals surface area contributed by atoms with Crippen molar-refractivity contribution in [2.45, 2.75) is 55.5 Å². The number of nitrogens with zero attached hydrogens (tertiary/aromatic N) is 1. The molecule has 0 aromatic rings. The van der Waals surface area contributed by atoms with Crippen LogP contribution in [0.1, 0.15) is 12.8 Å². The van der Waals surface area contributed by atoms with E-state index in [2.05, 4.69) is 4.74 Å². The summed E-state index contributed by atoms with van der Waals surface area (Å²) < 4.78 is 128. The van der Waals surface area contributed by atoms with Gasteiger partial charge in [0.15, 0.2) is 0 Å². The molecule has 2 saturated heterocycles. The lowest BCUT2D eigenvalue weighted by Gasteiger charge is -2.36. The van der Waals surface area contributed by atoms with E-state index in [1.54, 1.807) is 0 Å². The third kappa shape index (κ3) is 4.53. The van der Waals surface area contributed by atoms with E-state index in [4.69, 9.17) is 4.74 Å². The molecule has 0 radical (unpaired) electrons. The van der Waals surface area contributed by atoms with Gasteiger partial charge in [-0.15, -0.1) is 0 Å². The van der Waals surface area contributed by atoms with E-state index in [1.807, 2.05) is 0 Å². The number of halogens is 10. The fourth-order valence-corrected chi connectivity index (χ4v) is 2.79. The first-order valence-electron chi connectivity index (χ1n) is 7.46. The van der Waals surface area contributed by atoms with Crippen LogP contribution in [0.2, 0.25) is 0 Å². The van der Waals surface area contributed by atoms with Crippen LogP contribution in [-0.2, 0) is 9.47 Å². The summed E-state index contributed by atoms with van der Waals surface area (Å²) in [7, 11) is 0. The molecule has 2 aliphatic rings. The van der Waals surface area contributed by atoms with E-state index in [0.29, 0.717) is 0 Å². The molecule has 0 saturated carbocycles. The van der Waals surface area contributed by atoms with Crippen molar-refractivity contribution in [1.82, 2.24) is 4.90 Å². The number of alkyl halides is 9. The van der Waals surface area contributed by atoms with Crippen molar-refractivity contribution in [3.63, 3.8) is 0 Å². The molecular formula is C13H17F10NO2. The molecule has 0 N–H and O–H groups in total. The molecule has 4 unspecified atom stereocenters. The lowest BCUT2D eigenvalue weighted by molar-refractivity contribution is -0.282. The van der Waals surface area contributed by atoms with E-state index in [1.165, 1.54) is 0 Å². The molecule has 0 bridgehead atoms. The molecular weight excluding hydrogens is 392 g/mol. The van der Waals surface area contributed by atoms with Gasteiger partial charge in [0, 0.05) is 13.1 Å². The maximum Gasteiger partial charge on any atom is 0.425 e. The maximum atomic E-state index is 14.2. The molecule has 2 fully saturated rings. The molecule has 0 spiro atoms. The zero-order valence-corrected chi connectivity index (χ0v) is 13.1. The zero-order chi connectivity index (χ0) is 19.0. The zero-order valence-electron chi connectivity index (χ0n) is 13.1. The van der Waals surface area contributed by atoms with Crippen LogP contribution >= 0.6 is 0 Å². The molecule has 2 aliphatic heterocycles. The molecule has 0 amide bonds. The van der Waals surface area contributed by atoms with E-state index >= 15 is 0 Å². The fraction of sp³-hybridized carbons (Fsp3) is 1.00. The van der Waals surface area contributed by atoms with Gasteiger partial charge in [-0.3, -0.25) is 9.60 Å². The Morgan fingerprint density at radius 1 is 0.808 bits per heavy atom. The Kier molecular flexibility index (Phi) is 7.19. The van der Waals surface area contributed by atoms with Crippen LogP contribution in [0.4, 0.5) is 44.2 Å². The molecule has 3 nitrogen and oxygen atoms in total. The Morgan fingerprint density at radius 2 is 1.27 bits per heavy atom. The summed E-state index contributed by atoms with van der Waals surface area (Å²) >= 11 is 0. The molecule has 13 heteroatoms. The molecule has 2 heterocycles. The van der Waals surface area contributed by atoms with Gasteiger partial charge in [0.25, 0.3) is 6.17 Å². The summed E-state index contributed by atoms with van der Waals surface area (Å²) in [6, 6.07) is 0. The van der Waals surface area contributed by atoms with E-state index in [0.717, 1.165) is 4.90 Å². The van der Waals surface area contributed by atoms with Crippen molar-refractivity contribution in [1.29, 1.82) is 0 Å². The van der Waals surface area contributed by atoms with Crippen molar-refractivity contribution in [3.8, 4) is 0 Å². The fourth-order valence-electron chi connectivity index (χ4n) is 2.79. The summed E-state index contributed by atoms with van der Waals surface area (Å²) in [6.45, 7) is -0.330. The Hall–Kier alpha value is -0.820. The lowest BCUT2D eigenvalue weighted by atomic mass is 10.0. The second-order valence-electron chi connectivity index (χ2n) is 5.93. The average Bonchev–Trinajstić information content (AvgIpc) is 3.05. The average molecular weight is 409 g/mol. The Balaban J connectivity index is 0.00000338. The van der Waals surface area contributed by atoms with Gasteiger partial charge in [0.1, 0.15) is 12.2 Å². The minimum Gasteiger partial charge on any atom is -0.379 e. The highest BCUT2D eigenvalue weighted by molar-refractivity contribution is 4.97. The van der Waals surface area contributed by atoms with Crippen LogP contribution < -0.4 is 0 Å². The third-order valence-corrected chi connectivity index (χ3v) is 4.19. The van der Waals surface area contributed by atoms with Crippen LogP contribution in [-0.4, -0.2) is 73.9 Å². The third-order valence-electron chi connectivity index (χ3n) is 4.19. The molecule has 4 atom stereocenters. The van der Waals surface area contributed by atoms with Crippen LogP contribution in [0.25, 0.3) is 0 Å². The minimum atomic E-state index is -5.87. The van der Waals surface area contributed by atoms with Gasteiger partial charge < -0.3 is 9.47 Å². The van der Waals surface area contributed by atoms with Crippen molar-refractivity contribution >= 4 is 0 Å². The molecule has 26 heavy (non-hydrogen) atoms. The van der Waals surface area contributed by atoms with Gasteiger partial charge >= 0.3 is 18.0 Å². The minimum absolute atomic E-state index is 0. The normalized spacial score (nSPS) is 28.5. The standard InChI is InChI=1S/C13H16F9NO2.FH/c14-9(13(20,21)22)11(16,17)7-1-2-8(25-7)12(18,19)10(15)23-3-5-24-6-4-23;/h7-10H,1-6H2;1H. The van der Waals surface area contributed by atoms with Crippen molar-refractivity contribution in [2.24, 2.45) is 0 Å². The summed E-state index contributed by atoms with van der Waals surface area (Å²) in [5.74, 6) is -9.29. The van der Waals surface area contributed by atoms with Gasteiger partial charge in [-0.05, 0) is 12.8 Å². The molecule has 0 aromatic heterocycles. The maximum absolute atomic E-state index is 14.2. The number of morpholine rings is 1. The van der Waals surface area contributed by atoms with Crippen molar-refractivity contribution in [3.05, 3.63) is 0 Å². The van der Waals surface area contributed by atoms with Crippen LogP contribution in [0.5, 0.6) is 0 Å². The van der Waals surface area contributed by atoms with Crippen molar-refractivity contribution < 1.29 is 53.7 Å². The Morgan fingerprint density at radius 3 is 1.73 bits per heavy atom. The van der Waals surface area contributed by atoms with E-state index in [9.17, 15) is 39.5 Å². The lowest BCUT2D eigenvalue weighted by Crippen LogP contribution is -2.55. The highest BCUT2D eigenvalue weighted by Crippen LogP contribution is 2.45. The quantitative estimate of drug-likeness (QED) is 0.513. The summed E-state index contributed by atoms with van der Waals surface area (Å²) in [5.41, 5.74) is 0. The molecule has 0 aliphatic carbocycles. The number of rotatable bonds is 5. The van der Waals surface area contributed by atoms with Gasteiger partial charge in [0.05, 0.1) is 13.2 Å². The van der Waals surface area contributed by atoms with Gasteiger partial charge in [-0.1, -0.05) is 0 Å². The highest BCUT2D eigenvalue weighted by Gasteiger charge is 2.64. The van der Waals surface area contributed by atoms with Crippen LogP contribution in [0, 0.1) is 0 Å². The van der Waals surface area contributed by atoms with Gasteiger partial charge in [0.2, 0.25) is 6.30 Å². The Bertz CT molecular complexity index is 455. The SMILES string of the molecule is F.FC(N1CCOCC1)C(F)(F)C1CCC(C(F)(F)C(F)C(F)(F)F)O1. The monoisotopic (exact) mass is 409 g/mol. The first-order valence-corrected chi connectivity index (χ1v) is 7.46. The smallest absolute Gasteiger partial charge is 0.379 e. The highest BCUT2D eigenvalue weighted by atomic mass is 19.4. The molecule has 2 rings (SSSR count). The Labute approximate surface area is 141 Å². The summed E-state index contributed by atoms with van der Waals surface area (Å²) in [5, 5.41) is 0. The van der Waals surface area contributed by atoms with Crippen LogP contribution in [0.3, 0.4) is 0 Å². The predicted molar refractivity (Wildman–Crippen MR) is 68.5 cm³/mol. The van der Waals surface area contributed by atoms with E-state index in [-0.39, 0.29) is 31.0 Å². The summed E-state index contributed by atoms with van der Waals surface area (Å²) in [4.78, 5) is 0.728. The summed E-state index contributed by atoms with van der Waals surface area (Å²) in [6.07, 6.45) is -20.2. The molecule has 0 aromatic carbocycles. The van der Waals surface area contributed by atoms with Gasteiger partial charge in [-0.25, -0.2) is 17.6 Å². The van der Waals surface area contributed by atoms with Gasteiger partial charge in [-0.2, -0.15) is 22.0 Å². The number of hydrogen-bond donors (Lipinski definition) is 0. The van der Waals surface area contributed by atoms with Crippen LogP contribution in [0.15, 0.2) is 0 Å². The number of hydrogen-bond acceptors (Lipinski definition) is 3. The topological polar surface area (TPSA) is 21.7 Å². The van der Waals surface area contributed by atoms with Crippen molar-refractivity contribution in [2.75, 3.05) is 26.3 Å². The first-order chi connectivity index (χ1) is 11.4.